The number of thiophene rings is 1. The number of nitrogens with one attached hydrogen (secondary N) is 1. The zero-order chi connectivity index (χ0) is 11.4. The van der Waals surface area contributed by atoms with Crippen LogP contribution in [0.2, 0.25) is 4.34 Å². The van der Waals surface area contributed by atoms with Gasteiger partial charge in [0.2, 0.25) is 0 Å². The van der Waals surface area contributed by atoms with Gasteiger partial charge >= 0.3 is 0 Å². The molecule has 1 N–H and O–H groups in total. The van der Waals surface area contributed by atoms with Crippen LogP contribution in [0, 0.1) is 0 Å². The van der Waals surface area contributed by atoms with Gasteiger partial charge < -0.3 is 5.32 Å². The third-order valence-corrected chi connectivity index (χ3v) is 3.60. The maximum absolute atomic E-state index is 5.97. The minimum atomic E-state index is 0.191. The standard InChI is InChI=1S/C12H13ClN2S/c1-2-15-12(9-4-3-7-14-8-9)10-5-6-11(13)16-10/h3-8,12,15H,2H2,1H3. The summed E-state index contributed by atoms with van der Waals surface area (Å²) in [4.78, 5) is 5.37. The van der Waals surface area contributed by atoms with Crippen LogP contribution in [0.3, 0.4) is 0 Å². The molecule has 2 rings (SSSR count). The molecule has 0 saturated carbocycles. The third kappa shape index (κ3) is 2.61. The summed E-state index contributed by atoms with van der Waals surface area (Å²) in [6.45, 7) is 3.01. The molecule has 0 bridgehead atoms. The van der Waals surface area contributed by atoms with E-state index in [1.807, 2.05) is 18.3 Å². The molecule has 0 saturated heterocycles. The van der Waals surface area contributed by atoms with Crippen LogP contribution in [0.25, 0.3) is 0 Å². The highest BCUT2D eigenvalue weighted by Gasteiger charge is 2.14. The first-order chi connectivity index (χ1) is 7.81. The Balaban J connectivity index is 2.31. The molecule has 1 atom stereocenters. The van der Waals surface area contributed by atoms with Crippen LogP contribution in [0.4, 0.5) is 0 Å². The molecular weight excluding hydrogens is 240 g/mol. The lowest BCUT2D eigenvalue weighted by Gasteiger charge is -2.16. The summed E-state index contributed by atoms with van der Waals surface area (Å²) >= 11 is 7.57. The van der Waals surface area contributed by atoms with Crippen LogP contribution in [0.1, 0.15) is 23.4 Å². The summed E-state index contributed by atoms with van der Waals surface area (Å²) in [7, 11) is 0. The zero-order valence-corrected chi connectivity index (χ0v) is 10.6. The summed E-state index contributed by atoms with van der Waals surface area (Å²) in [5.41, 5.74) is 1.17. The highest BCUT2D eigenvalue weighted by molar-refractivity contribution is 7.16. The molecule has 0 amide bonds. The second-order valence-corrected chi connectivity index (χ2v) is 5.17. The van der Waals surface area contributed by atoms with Gasteiger partial charge in [0.15, 0.2) is 0 Å². The second kappa shape index (κ2) is 5.43. The molecule has 1 unspecified atom stereocenters. The normalized spacial score (nSPS) is 12.6. The fourth-order valence-corrected chi connectivity index (χ4v) is 2.78. The number of hydrogen-bond donors (Lipinski definition) is 1. The van der Waals surface area contributed by atoms with Crippen molar-refractivity contribution in [2.75, 3.05) is 6.54 Å². The van der Waals surface area contributed by atoms with E-state index in [0.717, 1.165) is 10.9 Å². The van der Waals surface area contributed by atoms with Gasteiger partial charge in [0.1, 0.15) is 0 Å². The maximum Gasteiger partial charge on any atom is 0.0931 e. The summed E-state index contributed by atoms with van der Waals surface area (Å²) in [6.07, 6.45) is 3.68. The van der Waals surface area contributed by atoms with Crippen LogP contribution in [0.15, 0.2) is 36.7 Å². The molecule has 2 aromatic heterocycles. The molecule has 0 fully saturated rings. The van der Waals surface area contributed by atoms with Crippen LogP contribution in [-0.4, -0.2) is 11.5 Å². The predicted molar refractivity (Wildman–Crippen MR) is 69.1 cm³/mol. The minimum absolute atomic E-state index is 0.191. The first-order valence-corrected chi connectivity index (χ1v) is 6.39. The van der Waals surface area contributed by atoms with Crippen LogP contribution < -0.4 is 5.32 Å². The molecule has 0 radical (unpaired) electrons. The maximum atomic E-state index is 5.97. The lowest BCUT2D eigenvalue weighted by Crippen LogP contribution is -2.21. The average molecular weight is 253 g/mol. The first-order valence-electron chi connectivity index (χ1n) is 5.20. The number of hydrogen-bond acceptors (Lipinski definition) is 3. The van der Waals surface area contributed by atoms with Crippen molar-refractivity contribution in [2.45, 2.75) is 13.0 Å². The predicted octanol–water partition coefficient (Wildman–Crippen LogP) is 3.50. The van der Waals surface area contributed by atoms with Crippen molar-refractivity contribution in [3.05, 3.63) is 51.4 Å². The number of aromatic nitrogens is 1. The van der Waals surface area contributed by atoms with E-state index >= 15 is 0 Å². The third-order valence-electron chi connectivity index (χ3n) is 2.30. The van der Waals surface area contributed by atoms with Crippen LogP contribution in [-0.2, 0) is 0 Å². The lowest BCUT2D eigenvalue weighted by molar-refractivity contribution is 0.637. The Kier molecular flexibility index (Phi) is 3.93. The Bertz CT molecular complexity index is 441. The molecule has 16 heavy (non-hydrogen) atoms. The SMILES string of the molecule is CCNC(c1cccnc1)c1ccc(Cl)s1. The second-order valence-electron chi connectivity index (χ2n) is 3.42. The smallest absolute Gasteiger partial charge is 0.0931 e. The van der Waals surface area contributed by atoms with Crippen LogP contribution >= 0.6 is 22.9 Å². The highest BCUT2D eigenvalue weighted by Crippen LogP contribution is 2.30. The Labute approximate surface area is 104 Å². The van der Waals surface area contributed by atoms with Gasteiger partial charge in [-0.2, -0.15) is 0 Å². The Morgan fingerprint density at radius 3 is 2.88 bits per heavy atom. The van der Waals surface area contributed by atoms with Crippen LogP contribution in [0.5, 0.6) is 0 Å². The fourth-order valence-electron chi connectivity index (χ4n) is 1.62. The van der Waals surface area contributed by atoms with E-state index in [-0.39, 0.29) is 6.04 Å². The molecule has 4 heteroatoms. The van der Waals surface area contributed by atoms with E-state index < -0.39 is 0 Å². The van der Waals surface area contributed by atoms with Crippen molar-refractivity contribution in [3.8, 4) is 0 Å². The lowest BCUT2D eigenvalue weighted by atomic mass is 10.1. The molecule has 84 valence electrons. The summed E-state index contributed by atoms with van der Waals surface area (Å²) in [6, 6.07) is 8.22. The van der Waals surface area contributed by atoms with Gasteiger partial charge in [-0.05, 0) is 30.3 Å². The van der Waals surface area contributed by atoms with E-state index in [1.54, 1.807) is 17.5 Å². The van der Waals surface area contributed by atoms with Crippen molar-refractivity contribution < 1.29 is 0 Å². The van der Waals surface area contributed by atoms with E-state index in [2.05, 4.69) is 29.4 Å². The first kappa shape index (κ1) is 11.6. The molecule has 0 aliphatic heterocycles. The topological polar surface area (TPSA) is 24.9 Å². The molecular formula is C12H13ClN2S. The molecule has 0 spiro atoms. The minimum Gasteiger partial charge on any atom is -0.306 e. The van der Waals surface area contributed by atoms with Crippen molar-refractivity contribution in [3.63, 3.8) is 0 Å². The Morgan fingerprint density at radius 2 is 2.31 bits per heavy atom. The highest BCUT2D eigenvalue weighted by atomic mass is 35.5. The van der Waals surface area contributed by atoms with Crippen molar-refractivity contribution in [1.82, 2.24) is 10.3 Å². The van der Waals surface area contributed by atoms with Gasteiger partial charge in [0.05, 0.1) is 10.4 Å². The van der Waals surface area contributed by atoms with Crippen molar-refractivity contribution >= 4 is 22.9 Å². The average Bonchev–Trinajstić information content (AvgIpc) is 2.74. The number of rotatable bonds is 4. The number of halogens is 1. The number of pyridine rings is 1. The largest absolute Gasteiger partial charge is 0.306 e. The quantitative estimate of drug-likeness (QED) is 0.901. The van der Waals surface area contributed by atoms with E-state index in [1.165, 1.54) is 10.4 Å². The van der Waals surface area contributed by atoms with E-state index in [0.29, 0.717) is 0 Å². The summed E-state index contributed by atoms with van der Waals surface area (Å²) < 4.78 is 0.821. The summed E-state index contributed by atoms with van der Waals surface area (Å²) in [5, 5.41) is 3.44. The van der Waals surface area contributed by atoms with Crippen molar-refractivity contribution in [1.29, 1.82) is 0 Å². The Morgan fingerprint density at radius 1 is 1.44 bits per heavy atom. The van der Waals surface area contributed by atoms with Gasteiger partial charge in [0, 0.05) is 17.3 Å². The fraction of sp³-hybridized carbons (Fsp3) is 0.250. The van der Waals surface area contributed by atoms with E-state index in [4.69, 9.17) is 11.6 Å². The van der Waals surface area contributed by atoms with Gasteiger partial charge in [0.25, 0.3) is 0 Å². The van der Waals surface area contributed by atoms with Gasteiger partial charge in [-0.15, -0.1) is 11.3 Å². The molecule has 0 aliphatic rings. The number of nitrogens with zero attached hydrogens (tertiary/aromatic N) is 1. The zero-order valence-electron chi connectivity index (χ0n) is 8.98. The van der Waals surface area contributed by atoms with Gasteiger partial charge in [-0.3, -0.25) is 4.98 Å². The molecule has 0 aromatic carbocycles. The molecule has 2 nitrogen and oxygen atoms in total. The van der Waals surface area contributed by atoms with Crippen molar-refractivity contribution in [2.24, 2.45) is 0 Å². The summed E-state index contributed by atoms with van der Waals surface area (Å²) in [5.74, 6) is 0. The van der Waals surface area contributed by atoms with E-state index in [9.17, 15) is 0 Å². The molecule has 2 aromatic rings. The van der Waals surface area contributed by atoms with Gasteiger partial charge in [-0.1, -0.05) is 24.6 Å². The monoisotopic (exact) mass is 252 g/mol. The molecule has 2 heterocycles. The molecule has 0 aliphatic carbocycles. The van der Waals surface area contributed by atoms with Gasteiger partial charge in [-0.25, -0.2) is 0 Å². The Hall–Kier alpha value is -0.900.